The van der Waals surface area contributed by atoms with Gasteiger partial charge in [0, 0.05) is 32.8 Å². The highest BCUT2D eigenvalue weighted by molar-refractivity contribution is 7.90. The van der Waals surface area contributed by atoms with Gasteiger partial charge in [-0.15, -0.1) is 0 Å². The Hall–Kier alpha value is -3.58. The highest BCUT2D eigenvalue weighted by Crippen LogP contribution is 2.39. The van der Waals surface area contributed by atoms with Gasteiger partial charge in [0.2, 0.25) is 0 Å². The summed E-state index contributed by atoms with van der Waals surface area (Å²) >= 11 is 12.7. The molecule has 8 heteroatoms. The van der Waals surface area contributed by atoms with Crippen LogP contribution in [0.2, 0.25) is 10.0 Å². The van der Waals surface area contributed by atoms with E-state index >= 15 is 0 Å². The van der Waals surface area contributed by atoms with Crippen molar-refractivity contribution in [1.82, 2.24) is 3.97 Å². The number of hydrogen-bond donors (Lipinski definition) is 0. The van der Waals surface area contributed by atoms with Crippen molar-refractivity contribution in [1.29, 1.82) is 0 Å². The van der Waals surface area contributed by atoms with E-state index < -0.39 is 16.0 Å². The molecule has 0 amide bonds. The van der Waals surface area contributed by atoms with E-state index in [-0.39, 0.29) is 11.5 Å². The van der Waals surface area contributed by atoms with E-state index in [0.717, 1.165) is 16.7 Å². The quantitative estimate of drug-likeness (QED) is 0.196. The SMILES string of the molecule is CCOC(=O)c1cccc(-c2ccc3c(c2)c(-c2ccc(Cl)cc2Cl)cn3S(=O)(=O)c2ccc(C)cc2)c1. The molecule has 4 aromatic carbocycles. The molecule has 1 aromatic heterocycles. The van der Waals surface area contributed by atoms with Gasteiger partial charge in [0.25, 0.3) is 10.0 Å². The minimum absolute atomic E-state index is 0.181. The molecular formula is C30H23Cl2NO4S. The number of esters is 1. The molecule has 0 bridgehead atoms. The molecule has 0 saturated carbocycles. The molecule has 0 unspecified atom stereocenters. The first kappa shape index (κ1) is 26.0. The van der Waals surface area contributed by atoms with E-state index in [9.17, 15) is 13.2 Å². The van der Waals surface area contributed by atoms with Crippen molar-refractivity contribution in [3.63, 3.8) is 0 Å². The fraction of sp³-hybridized carbons (Fsp3) is 0.100. The van der Waals surface area contributed by atoms with Gasteiger partial charge in [-0.25, -0.2) is 17.2 Å². The van der Waals surface area contributed by atoms with Gasteiger partial charge in [0.1, 0.15) is 0 Å². The van der Waals surface area contributed by atoms with Crippen LogP contribution in [0.3, 0.4) is 0 Å². The number of hydrogen-bond acceptors (Lipinski definition) is 4. The third-order valence-corrected chi connectivity index (χ3v) is 8.51. The van der Waals surface area contributed by atoms with Crippen molar-refractivity contribution >= 4 is 50.1 Å². The minimum atomic E-state index is -3.91. The zero-order chi connectivity index (χ0) is 27.0. The molecule has 0 radical (unpaired) electrons. The standard InChI is InChI=1S/C30H23Cl2NO4S/c1-3-37-30(34)22-6-4-5-20(15-22)21-9-14-29-26(16-21)27(25-13-10-23(31)17-28(25)32)18-33(29)38(35,36)24-11-7-19(2)8-12-24/h4-18H,3H2,1-2H3. The molecule has 38 heavy (non-hydrogen) atoms. The van der Waals surface area contributed by atoms with Crippen molar-refractivity contribution < 1.29 is 17.9 Å². The van der Waals surface area contributed by atoms with Crippen LogP contribution in [0.1, 0.15) is 22.8 Å². The molecular weight excluding hydrogens is 541 g/mol. The smallest absolute Gasteiger partial charge is 0.338 e. The van der Waals surface area contributed by atoms with Gasteiger partial charge in [-0.1, -0.05) is 65.2 Å². The van der Waals surface area contributed by atoms with Gasteiger partial charge in [0.15, 0.2) is 0 Å². The van der Waals surface area contributed by atoms with Crippen LogP contribution in [-0.4, -0.2) is 25.0 Å². The number of fused-ring (bicyclic) bond motifs is 1. The van der Waals surface area contributed by atoms with Crippen molar-refractivity contribution in [2.75, 3.05) is 6.61 Å². The Bertz CT molecular complexity index is 1790. The first-order valence-corrected chi connectivity index (χ1v) is 14.1. The molecule has 0 aliphatic heterocycles. The first-order chi connectivity index (χ1) is 18.2. The Morgan fingerprint density at radius 3 is 2.32 bits per heavy atom. The fourth-order valence-electron chi connectivity index (χ4n) is 4.37. The van der Waals surface area contributed by atoms with E-state index in [4.69, 9.17) is 27.9 Å². The molecule has 0 aliphatic carbocycles. The summed E-state index contributed by atoms with van der Waals surface area (Å²) in [6, 6.07) is 24.5. The second kappa shape index (κ2) is 10.3. The molecule has 0 atom stereocenters. The third-order valence-electron chi connectivity index (χ3n) is 6.28. The Balaban J connectivity index is 1.74. The van der Waals surface area contributed by atoms with Crippen LogP contribution in [-0.2, 0) is 14.8 Å². The van der Waals surface area contributed by atoms with Crippen LogP contribution in [0.15, 0.2) is 96.0 Å². The average Bonchev–Trinajstić information content (AvgIpc) is 3.29. The highest BCUT2D eigenvalue weighted by Gasteiger charge is 2.23. The van der Waals surface area contributed by atoms with E-state index in [1.165, 1.54) is 3.97 Å². The van der Waals surface area contributed by atoms with Crippen molar-refractivity contribution in [3.8, 4) is 22.3 Å². The summed E-state index contributed by atoms with van der Waals surface area (Å²) in [7, 11) is -3.91. The molecule has 0 N–H and O–H groups in total. The lowest BCUT2D eigenvalue weighted by Gasteiger charge is -2.09. The average molecular weight is 564 g/mol. The van der Waals surface area contributed by atoms with Crippen molar-refractivity contribution in [3.05, 3.63) is 112 Å². The minimum Gasteiger partial charge on any atom is -0.462 e. The molecule has 5 rings (SSSR count). The maximum absolute atomic E-state index is 13.7. The molecule has 0 spiro atoms. The molecule has 0 saturated heterocycles. The third kappa shape index (κ3) is 4.83. The number of ether oxygens (including phenoxy) is 1. The fourth-order valence-corrected chi connectivity index (χ4v) is 6.24. The zero-order valence-corrected chi connectivity index (χ0v) is 22.9. The number of rotatable bonds is 6. The summed E-state index contributed by atoms with van der Waals surface area (Å²) in [5, 5.41) is 1.56. The van der Waals surface area contributed by atoms with Gasteiger partial charge in [0.05, 0.1) is 22.6 Å². The zero-order valence-electron chi connectivity index (χ0n) is 20.6. The highest BCUT2D eigenvalue weighted by atomic mass is 35.5. The molecule has 5 aromatic rings. The largest absolute Gasteiger partial charge is 0.462 e. The second-order valence-electron chi connectivity index (χ2n) is 8.81. The van der Waals surface area contributed by atoms with E-state index in [0.29, 0.717) is 37.6 Å². The Kier molecular flexibility index (Phi) is 7.05. The summed E-state index contributed by atoms with van der Waals surface area (Å²) in [4.78, 5) is 12.5. The van der Waals surface area contributed by atoms with Crippen LogP contribution in [0.4, 0.5) is 0 Å². The number of carbonyl (C=O) groups is 1. The normalized spacial score (nSPS) is 11.6. The number of aromatic nitrogens is 1. The Morgan fingerprint density at radius 2 is 1.61 bits per heavy atom. The summed E-state index contributed by atoms with van der Waals surface area (Å²) < 4.78 is 33.9. The number of benzene rings is 4. The summed E-state index contributed by atoms with van der Waals surface area (Å²) in [6.07, 6.45) is 1.59. The second-order valence-corrected chi connectivity index (χ2v) is 11.5. The van der Waals surface area contributed by atoms with Gasteiger partial charge in [-0.2, -0.15) is 0 Å². The van der Waals surface area contributed by atoms with Gasteiger partial charge in [-0.05, 0) is 73.5 Å². The van der Waals surface area contributed by atoms with Crippen LogP contribution in [0, 0.1) is 6.92 Å². The maximum atomic E-state index is 13.7. The molecule has 0 fully saturated rings. The lowest BCUT2D eigenvalue weighted by molar-refractivity contribution is 0.0526. The van der Waals surface area contributed by atoms with E-state index in [1.807, 2.05) is 25.1 Å². The lowest BCUT2D eigenvalue weighted by Crippen LogP contribution is -2.11. The predicted octanol–water partition coefficient (Wildman–Crippen LogP) is 8.00. The van der Waals surface area contributed by atoms with Crippen molar-refractivity contribution in [2.24, 2.45) is 0 Å². The number of carbonyl (C=O) groups excluding carboxylic acids is 1. The van der Waals surface area contributed by atoms with E-state index in [1.54, 1.807) is 79.9 Å². The van der Waals surface area contributed by atoms with Crippen molar-refractivity contribution in [2.45, 2.75) is 18.7 Å². The topological polar surface area (TPSA) is 65.4 Å². The van der Waals surface area contributed by atoms with Gasteiger partial charge < -0.3 is 4.74 Å². The molecule has 192 valence electrons. The Labute approximate surface area is 231 Å². The number of halogens is 2. The van der Waals surface area contributed by atoms with Crippen LogP contribution in [0.5, 0.6) is 0 Å². The first-order valence-electron chi connectivity index (χ1n) is 11.9. The summed E-state index contributed by atoms with van der Waals surface area (Å²) in [5.41, 5.74) is 4.78. The maximum Gasteiger partial charge on any atom is 0.338 e. The summed E-state index contributed by atoms with van der Waals surface area (Å²) in [6.45, 7) is 3.94. The molecule has 1 heterocycles. The lowest BCUT2D eigenvalue weighted by atomic mass is 9.98. The number of nitrogens with zero attached hydrogens (tertiary/aromatic N) is 1. The predicted molar refractivity (Wildman–Crippen MR) is 153 cm³/mol. The van der Waals surface area contributed by atoms with E-state index in [2.05, 4.69) is 0 Å². The van der Waals surface area contributed by atoms with Crippen LogP contribution < -0.4 is 0 Å². The Morgan fingerprint density at radius 1 is 0.868 bits per heavy atom. The number of aryl methyl sites for hydroxylation is 1. The molecule has 0 aliphatic rings. The monoisotopic (exact) mass is 563 g/mol. The van der Waals surface area contributed by atoms with Gasteiger partial charge >= 0.3 is 5.97 Å². The van der Waals surface area contributed by atoms with Crippen LogP contribution >= 0.6 is 23.2 Å². The molecule has 5 nitrogen and oxygen atoms in total. The van der Waals surface area contributed by atoms with Gasteiger partial charge in [-0.3, -0.25) is 0 Å². The summed E-state index contributed by atoms with van der Waals surface area (Å²) in [5.74, 6) is -0.403. The van der Waals surface area contributed by atoms with Crippen LogP contribution in [0.25, 0.3) is 33.2 Å².